The summed E-state index contributed by atoms with van der Waals surface area (Å²) >= 11 is 5.97. The Balaban J connectivity index is 1.11. The van der Waals surface area contributed by atoms with E-state index in [0.717, 1.165) is 43.7 Å². The third-order valence-corrected chi connectivity index (χ3v) is 9.18. The highest BCUT2D eigenvalue weighted by Crippen LogP contribution is 2.47. The largest absolute Gasteiger partial charge is 0.477 e. The van der Waals surface area contributed by atoms with Crippen LogP contribution in [0.15, 0.2) is 54.6 Å². The van der Waals surface area contributed by atoms with Crippen molar-refractivity contribution in [2.45, 2.75) is 56.9 Å². The van der Waals surface area contributed by atoms with Gasteiger partial charge in [0.2, 0.25) is 0 Å². The van der Waals surface area contributed by atoms with Crippen LogP contribution in [0, 0.1) is 5.82 Å². The number of nitrogens with zero attached hydrogens (tertiary/aromatic N) is 4. The summed E-state index contributed by atoms with van der Waals surface area (Å²) in [6, 6.07) is 13.0. The number of para-hydroxylation sites is 1. The maximum atomic E-state index is 15.5. The molecule has 0 bridgehead atoms. The zero-order valence-corrected chi connectivity index (χ0v) is 24.9. The third kappa shape index (κ3) is 5.25. The minimum absolute atomic E-state index is 0.0184. The Morgan fingerprint density at radius 3 is 2.61 bits per heavy atom. The van der Waals surface area contributed by atoms with Crippen molar-refractivity contribution in [1.82, 2.24) is 19.4 Å². The summed E-state index contributed by atoms with van der Waals surface area (Å²) < 4.78 is 44.6. The van der Waals surface area contributed by atoms with Gasteiger partial charge in [-0.25, -0.2) is 23.5 Å². The Hall–Kier alpha value is -3.86. The molecular weight excluding hydrogens is 590 g/mol. The lowest BCUT2D eigenvalue weighted by molar-refractivity contribution is -0.0593. The normalized spacial score (nSPS) is 22.3. The molecule has 3 aliphatic heterocycles. The van der Waals surface area contributed by atoms with Crippen LogP contribution in [-0.4, -0.2) is 56.3 Å². The number of hydrogen-bond donors (Lipinski definition) is 1. The molecule has 0 radical (unpaired) electrons. The molecular formula is C33H31ClF2N4O4. The van der Waals surface area contributed by atoms with Crippen LogP contribution in [0.25, 0.3) is 17.0 Å². The van der Waals surface area contributed by atoms with E-state index >= 15 is 4.39 Å². The monoisotopic (exact) mass is 620 g/mol. The summed E-state index contributed by atoms with van der Waals surface area (Å²) in [5, 5.41) is 9.74. The number of piperidine rings is 1. The van der Waals surface area contributed by atoms with Crippen LogP contribution in [0.2, 0.25) is 5.02 Å². The number of carboxylic acid groups (broad SMARTS) is 1. The number of imidazole rings is 1. The number of carboxylic acids is 1. The predicted molar refractivity (Wildman–Crippen MR) is 161 cm³/mol. The van der Waals surface area contributed by atoms with Crippen molar-refractivity contribution in [1.29, 1.82) is 0 Å². The second kappa shape index (κ2) is 11.3. The minimum Gasteiger partial charge on any atom is -0.477 e. The lowest BCUT2D eigenvalue weighted by atomic mass is 9.85. The van der Waals surface area contributed by atoms with Crippen LogP contribution in [0.5, 0.6) is 5.75 Å². The molecule has 2 aromatic heterocycles. The first-order valence-electron chi connectivity index (χ1n) is 14.8. The molecule has 1 N–H and O–H groups in total. The summed E-state index contributed by atoms with van der Waals surface area (Å²) in [7, 11) is 0. The second-order valence-electron chi connectivity index (χ2n) is 11.9. The average Bonchev–Trinajstić information content (AvgIpc) is 3.30. The van der Waals surface area contributed by atoms with Crippen LogP contribution in [0.3, 0.4) is 0 Å². The fraction of sp³-hybridized carbons (Fsp3) is 0.364. The van der Waals surface area contributed by atoms with Crippen molar-refractivity contribution in [2.24, 2.45) is 0 Å². The number of rotatable bonds is 7. The van der Waals surface area contributed by atoms with Gasteiger partial charge in [-0.3, -0.25) is 4.90 Å². The molecule has 4 aromatic rings. The molecule has 2 fully saturated rings. The Morgan fingerprint density at radius 2 is 1.91 bits per heavy atom. The standard InChI is InChI=1S/C33H31ClF2N4O4/c1-33(24-6-5-20(34)15-25(24)35)16-26(36)23-4-2-3-22(30(23)44-33)19-9-12-39(13-10-19)18-29-37-27-7-8-28(32(41)42)38-31(27)40(29)17-21-11-14-43-21/h2-8,15-16,19,21H,9-14,17-18H2,1H3,(H,41,42). The molecule has 0 amide bonds. The van der Waals surface area contributed by atoms with Crippen molar-refractivity contribution in [3.63, 3.8) is 0 Å². The van der Waals surface area contributed by atoms with Crippen LogP contribution < -0.4 is 4.74 Å². The van der Waals surface area contributed by atoms with Gasteiger partial charge in [0.05, 0.1) is 24.8 Å². The van der Waals surface area contributed by atoms with Crippen molar-refractivity contribution in [3.05, 3.63) is 93.7 Å². The van der Waals surface area contributed by atoms with Gasteiger partial charge in [-0.15, -0.1) is 0 Å². The van der Waals surface area contributed by atoms with Crippen molar-refractivity contribution in [3.8, 4) is 5.75 Å². The first-order chi connectivity index (χ1) is 21.2. The van der Waals surface area contributed by atoms with Crippen LogP contribution >= 0.6 is 11.6 Å². The SMILES string of the molecule is CC1(c2ccc(Cl)cc2F)C=C(F)c2cccc(C3CCN(Cc4nc5ccc(C(=O)O)nc5n4CC4CCO4)CC3)c2O1. The molecule has 0 saturated carbocycles. The highest BCUT2D eigenvalue weighted by Gasteiger charge is 2.38. The Kier molecular flexibility index (Phi) is 7.39. The van der Waals surface area contributed by atoms with Crippen LogP contribution in [-0.2, 0) is 23.4 Å². The number of likely N-dealkylation sites (tertiary alicyclic amines) is 1. The maximum absolute atomic E-state index is 15.5. The van der Waals surface area contributed by atoms with E-state index in [1.54, 1.807) is 25.1 Å². The van der Waals surface area contributed by atoms with E-state index in [9.17, 15) is 14.3 Å². The molecule has 44 heavy (non-hydrogen) atoms. The van der Waals surface area contributed by atoms with E-state index in [-0.39, 0.29) is 28.3 Å². The highest BCUT2D eigenvalue weighted by molar-refractivity contribution is 6.30. The number of carbonyl (C=O) groups is 1. The number of halogens is 3. The Morgan fingerprint density at radius 1 is 1.11 bits per heavy atom. The lowest BCUT2D eigenvalue weighted by Crippen LogP contribution is -2.36. The van der Waals surface area contributed by atoms with Gasteiger partial charge in [-0.05, 0) is 87.2 Å². The van der Waals surface area contributed by atoms with Gasteiger partial charge in [-0.2, -0.15) is 0 Å². The fourth-order valence-electron chi connectivity index (χ4n) is 6.48. The number of hydrogen-bond acceptors (Lipinski definition) is 6. The number of pyridine rings is 1. The van der Waals surface area contributed by atoms with E-state index in [1.807, 2.05) is 16.7 Å². The lowest BCUT2D eigenvalue weighted by Gasteiger charge is -2.37. The summed E-state index contributed by atoms with van der Waals surface area (Å²) in [6.45, 7) is 5.06. The van der Waals surface area contributed by atoms with Crippen molar-refractivity contribution < 1.29 is 28.2 Å². The zero-order valence-electron chi connectivity index (χ0n) is 24.1. The number of aromatic nitrogens is 3. The molecule has 7 rings (SSSR count). The molecule has 8 nitrogen and oxygen atoms in total. The predicted octanol–water partition coefficient (Wildman–Crippen LogP) is 6.71. The summed E-state index contributed by atoms with van der Waals surface area (Å²) in [6.07, 6.45) is 3.93. The fourth-order valence-corrected chi connectivity index (χ4v) is 6.64. The molecule has 11 heteroatoms. The van der Waals surface area contributed by atoms with Crippen LogP contribution in [0.1, 0.15) is 65.1 Å². The second-order valence-corrected chi connectivity index (χ2v) is 12.3. The van der Waals surface area contributed by atoms with E-state index in [0.29, 0.717) is 42.2 Å². The molecule has 3 aliphatic rings. The van der Waals surface area contributed by atoms with E-state index in [1.165, 1.54) is 24.3 Å². The van der Waals surface area contributed by atoms with Gasteiger partial charge >= 0.3 is 5.97 Å². The highest BCUT2D eigenvalue weighted by atomic mass is 35.5. The Bertz CT molecular complexity index is 1800. The topological polar surface area (TPSA) is 89.7 Å². The smallest absolute Gasteiger partial charge is 0.354 e. The van der Waals surface area contributed by atoms with Gasteiger partial charge in [-0.1, -0.05) is 29.8 Å². The number of ether oxygens (including phenoxy) is 2. The number of benzene rings is 2. The summed E-state index contributed by atoms with van der Waals surface area (Å²) in [4.78, 5) is 23.1. The maximum Gasteiger partial charge on any atom is 0.354 e. The van der Waals surface area contributed by atoms with Gasteiger partial charge in [0.15, 0.2) is 16.9 Å². The van der Waals surface area contributed by atoms with E-state index in [4.69, 9.17) is 26.1 Å². The minimum atomic E-state index is -1.33. The number of aromatic carboxylic acids is 1. The molecule has 2 atom stereocenters. The van der Waals surface area contributed by atoms with Gasteiger partial charge in [0.25, 0.3) is 0 Å². The first kappa shape index (κ1) is 28.9. The van der Waals surface area contributed by atoms with E-state index < -0.39 is 23.2 Å². The quantitative estimate of drug-likeness (QED) is 0.246. The molecule has 5 heterocycles. The van der Waals surface area contributed by atoms with Gasteiger partial charge in [0.1, 0.15) is 28.7 Å². The summed E-state index contributed by atoms with van der Waals surface area (Å²) in [5.41, 5.74) is 1.35. The number of fused-ring (bicyclic) bond motifs is 2. The van der Waals surface area contributed by atoms with Gasteiger partial charge in [0, 0.05) is 17.2 Å². The molecule has 2 saturated heterocycles. The average molecular weight is 621 g/mol. The molecule has 2 unspecified atom stereocenters. The molecule has 228 valence electrons. The molecule has 2 aromatic carbocycles. The molecule has 0 aliphatic carbocycles. The van der Waals surface area contributed by atoms with Crippen molar-refractivity contribution in [2.75, 3.05) is 19.7 Å². The molecule has 0 spiro atoms. The summed E-state index contributed by atoms with van der Waals surface area (Å²) in [5.74, 6) is -0.695. The van der Waals surface area contributed by atoms with Crippen LogP contribution in [0.4, 0.5) is 8.78 Å². The Labute approximate surface area is 257 Å². The van der Waals surface area contributed by atoms with Crippen molar-refractivity contribution >= 4 is 34.6 Å². The van der Waals surface area contributed by atoms with E-state index in [2.05, 4.69) is 9.88 Å². The first-order valence-corrected chi connectivity index (χ1v) is 15.2. The zero-order chi connectivity index (χ0) is 30.6. The van der Waals surface area contributed by atoms with Gasteiger partial charge < -0.3 is 19.1 Å². The third-order valence-electron chi connectivity index (χ3n) is 8.95.